The summed E-state index contributed by atoms with van der Waals surface area (Å²) in [5.41, 5.74) is 3.23. The van der Waals surface area contributed by atoms with Crippen molar-refractivity contribution in [3.63, 3.8) is 0 Å². The summed E-state index contributed by atoms with van der Waals surface area (Å²) < 4.78 is 20.2. The van der Waals surface area contributed by atoms with Gasteiger partial charge in [0, 0.05) is 56.5 Å². The van der Waals surface area contributed by atoms with Crippen LogP contribution >= 0.6 is 0 Å². The summed E-state index contributed by atoms with van der Waals surface area (Å²) in [6.07, 6.45) is 7.30. The van der Waals surface area contributed by atoms with Crippen molar-refractivity contribution >= 4 is 11.4 Å². The molecule has 286 valence electrons. The molecule has 0 radical (unpaired) electrons. The molecule has 1 aromatic heterocycles. The number of rotatable bonds is 18. The molecule has 0 saturated heterocycles. The van der Waals surface area contributed by atoms with Crippen LogP contribution in [0.25, 0.3) is 0 Å². The van der Waals surface area contributed by atoms with E-state index in [-0.39, 0.29) is 55.4 Å². The molecule has 2 aromatic carbocycles. The van der Waals surface area contributed by atoms with Crippen molar-refractivity contribution in [2.75, 3.05) is 26.4 Å². The average Bonchev–Trinajstić information content (AvgIpc) is 3.63. The minimum atomic E-state index is -1.88. The number of phenols is 1. The average molecular weight is 736 g/mol. The van der Waals surface area contributed by atoms with Crippen LogP contribution in [0.5, 0.6) is 11.5 Å². The van der Waals surface area contributed by atoms with E-state index < -0.39 is 29.0 Å². The van der Waals surface area contributed by atoms with Gasteiger partial charge in [0.25, 0.3) is 5.69 Å². The summed E-state index contributed by atoms with van der Waals surface area (Å²) >= 11 is 0. The zero-order valence-corrected chi connectivity index (χ0v) is 30.1. The molecule has 3 aromatic rings. The number of nitro benzene ring substituents is 1. The second kappa shape index (κ2) is 17.2. The first-order chi connectivity index (χ1) is 25.7. The normalized spacial score (nSPS) is 25.4. The van der Waals surface area contributed by atoms with Gasteiger partial charge in [0.15, 0.2) is 0 Å². The Balaban J connectivity index is 1.50. The Morgan fingerprint density at radius 1 is 1.06 bits per heavy atom. The van der Waals surface area contributed by atoms with Crippen molar-refractivity contribution in [1.82, 2.24) is 15.0 Å². The van der Waals surface area contributed by atoms with Crippen LogP contribution in [0.4, 0.5) is 5.69 Å². The summed E-state index contributed by atoms with van der Waals surface area (Å²) in [5.74, 6) is -2.43. The molecule has 15 nitrogen and oxygen atoms in total. The molecule has 1 saturated carbocycles. The number of hydrogen-bond acceptors (Lipinski definition) is 13. The van der Waals surface area contributed by atoms with E-state index in [2.05, 4.69) is 16.4 Å². The van der Waals surface area contributed by atoms with Crippen LogP contribution < -0.4 is 4.74 Å². The van der Waals surface area contributed by atoms with E-state index in [1.165, 1.54) is 12.1 Å². The predicted octanol–water partition coefficient (Wildman–Crippen LogP) is 5.46. The number of aliphatic hydroxyl groups excluding tert-OH is 2. The third kappa shape index (κ3) is 7.94. The highest BCUT2D eigenvalue weighted by atomic mass is 16.7. The first kappa shape index (κ1) is 38.3. The fourth-order valence-corrected chi connectivity index (χ4v) is 8.29. The van der Waals surface area contributed by atoms with Gasteiger partial charge < -0.3 is 39.5 Å². The van der Waals surface area contributed by atoms with Crippen molar-refractivity contribution in [3.8, 4) is 11.5 Å². The lowest BCUT2D eigenvalue weighted by Gasteiger charge is -2.56. The highest BCUT2D eigenvalue weighted by Gasteiger charge is 2.63. The van der Waals surface area contributed by atoms with Gasteiger partial charge >= 0.3 is 0 Å². The van der Waals surface area contributed by atoms with Crippen molar-refractivity contribution in [2.24, 2.45) is 22.9 Å². The summed E-state index contributed by atoms with van der Waals surface area (Å²) in [7, 11) is 0. The molecule has 1 fully saturated rings. The predicted molar refractivity (Wildman–Crippen MR) is 192 cm³/mol. The highest BCUT2D eigenvalue weighted by Crippen LogP contribution is 2.62. The minimum absolute atomic E-state index is 0.00711. The standard InChI is InChI=1S/C38H49N5O10/c1-3-50-37(51-4-2)32-22-39-41-42(32)34-21-31(40-52-23-24-11-13-26(14-12-24)43(48)49)29-19-25(9-5-7-17-44)28(10-6-8-18-45)35-30-20-27(46)15-16-33(30)53-38(34,47)36(29)35/h11-16,19-20,22,25,28,34-37,44-47H,3-10,17-18,21,23H2,1-2H3/t25-,28+,34-,35+,36+,38+/m0/s1. The van der Waals surface area contributed by atoms with Gasteiger partial charge in [0.1, 0.15) is 29.8 Å². The molecule has 0 amide bonds. The lowest BCUT2D eigenvalue weighted by atomic mass is 9.55. The van der Waals surface area contributed by atoms with Gasteiger partial charge in [-0.1, -0.05) is 29.3 Å². The van der Waals surface area contributed by atoms with Gasteiger partial charge in [0.2, 0.25) is 12.1 Å². The van der Waals surface area contributed by atoms with E-state index in [1.54, 1.807) is 41.2 Å². The number of aromatic nitrogens is 3. The first-order valence-corrected chi connectivity index (χ1v) is 18.5. The van der Waals surface area contributed by atoms with Gasteiger partial charge in [-0.3, -0.25) is 10.1 Å². The number of nitrogens with zero attached hydrogens (tertiary/aromatic N) is 5. The largest absolute Gasteiger partial charge is 0.508 e. The molecule has 6 rings (SSSR count). The van der Waals surface area contributed by atoms with Gasteiger partial charge in [-0.25, -0.2) is 4.68 Å². The number of fused-ring (bicyclic) bond motifs is 2. The Morgan fingerprint density at radius 3 is 2.45 bits per heavy atom. The number of aliphatic hydroxyl groups is 3. The van der Waals surface area contributed by atoms with E-state index in [9.17, 15) is 30.5 Å². The van der Waals surface area contributed by atoms with E-state index in [1.807, 2.05) is 13.8 Å². The zero-order valence-electron chi connectivity index (χ0n) is 30.1. The van der Waals surface area contributed by atoms with E-state index in [0.717, 1.165) is 36.8 Å². The number of ether oxygens (including phenoxy) is 3. The Hall–Kier alpha value is -4.41. The summed E-state index contributed by atoms with van der Waals surface area (Å²) in [6, 6.07) is 10.1. The molecule has 15 heteroatoms. The van der Waals surface area contributed by atoms with E-state index >= 15 is 0 Å². The molecule has 2 aliphatic carbocycles. The lowest BCUT2D eigenvalue weighted by molar-refractivity contribution is -0.384. The molecule has 0 spiro atoms. The van der Waals surface area contributed by atoms with E-state index in [4.69, 9.17) is 24.2 Å². The van der Waals surface area contributed by atoms with Crippen molar-refractivity contribution in [3.05, 3.63) is 87.2 Å². The molecule has 1 aliphatic heterocycles. The topological polar surface area (TPSA) is 204 Å². The van der Waals surface area contributed by atoms with Gasteiger partial charge in [-0.05, 0) is 92.8 Å². The monoisotopic (exact) mass is 735 g/mol. The summed E-state index contributed by atoms with van der Waals surface area (Å²) in [5, 5.41) is 67.9. The second-order valence-corrected chi connectivity index (χ2v) is 13.8. The van der Waals surface area contributed by atoms with Crippen molar-refractivity contribution < 1.29 is 44.4 Å². The van der Waals surface area contributed by atoms with Crippen molar-refractivity contribution in [2.45, 2.75) is 89.4 Å². The maximum Gasteiger partial charge on any atom is 0.269 e. The third-order valence-electron chi connectivity index (χ3n) is 10.6. The van der Waals surface area contributed by atoms with Crippen LogP contribution in [-0.4, -0.2) is 78.3 Å². The molecular formula is C38H49N5O10. The highest BCUT2D eigenvalue weighted by molar-refractivity contribution is 6.02. The maximum atomic E-state index is 13.2. The van der Waals surface area contributed by atoms with Gasteiger partial charge in [-0.2, -0.15) is 0 Å². The maximum absolute atomic E-state index is 13.2. The number of benzene rings is 2. The molecule has 53 heavy (non-hydrogen) atoms. The number of oxime groups is 1. The smallest absolute Gasteiger partial charge is 0.269 e. The first-order valence-electron chi connectivity index (χ1n) is 18.5. The van der Waals surface area contributed by atoms with Gasteiger partial charge in [-0.15, -0.1) is 5.10 Å². The lowest BCUT2D eigenvalue weighted by Crippen LogP contribution is -2.62. The molecule has 3 aliphatic rings. The van der Waals surface area contributed by atoms with Gasteiger partial charge in [0.05, 0.1) is 22.7 Å². The van der Waals surface area contributed by atoms with Crippen LogP contribution in [0.2, 0.25) is 0 Å². The molecule has 0 bridgehead atoms. The zero-order chi connectivity index (χ0) is 37.5. The SMILES string of the molecule is CCOC(OCC)c1cnnn1[C@H]1CC(=NOCc2ccc([N+](=O)[O-])cc2)C2=C[C@H](CCCCO)[C@@H](CCCCO)[C@@H]3c4cc(O)ccc4O[C@@]1(O)[C@H]23. The van der Waals surface area contributed by atoms with Crippen LogP contribution in [0.15, 0.2) is 65.5 Å². The molecular weight excluding hydrogens is 686 g/mol. The van der Waals surface area contributed by atoms with Crippen LogP contribution in [-0.2, 0) is 20.9 Å². The number of allylic oxidation sites excluding steroid dienone is 1. The second-order valence-electron chi connectivity index (χ2n) is 13.8. The Morgan fingerprint density at radius 2 is 1.77 bits per heavy atom. The van der Waals surface area contributed by atoms with Crippen LogP contribution in [0.1, 0.15) is 93.9 Å². The number of phenolic OH excluding ortho intramolecular Hbond substituents is 1. The number of nitro groups is 1. The molecule has 6 atom stereocenters. The third-order valence-corrected chi connectivity index (χ3v) is 10.6. The number of non-ortho nitro benzene ring substituents is 1. The van der Waals surface area contributed by atoms with Crippen LogP contribution in [0, 0.1) is 27.9 Å². The number of hydrogen-bond donors (Lipinski definition) is 4. The molecule has 0 unspecified atom stereocenters. The molecule has 2 heterocycles. The van der Waals surface area contributed by atoms with E-state index in [0.29, 0.717) is 48.8 Å². The molecule has 4 N–H and O–H groups in total. The van der Waals surface area contributed by atoms with Crippen LogP contribution in [0.3, 0.4) is 0 Å². The minimum Gasteiger partial charge on any atom is -0.508 e. The quantitative estimate of drug-likeness (QED) is 0.0557. The number of aromatic hydroxyl groups is 1. The van der Waals surface area contributed by atoms with Crippen molar-refractivity contribution in [1.29, 1.82) is 0 Å². The Bertz CT molecular complexity index is 1760. The fraction of sp³-hybridized carbons (Fsp3) is 0.553. The Labute approximate surface area is 308 Å². The summed E-state index contributed by atoms with van der Waals surface area (Å²) in [6.45, 7) is 4.59. The number of unbranched alkanes of at least 4 members (excludes halogenated alkanes) is 2. The fourth-order valence-electron chi connectivity index (χ4n) is 8.29. The summed E-state index contributed by atoms with van der Waals surface area (Å²) in [4.78, 5) is 16.7. The Kier molecular flexibility index (Phi) is 12.4.